The fourth-order valence-electron chi connectivity index (χ4n) is 1.76. The van der Waals surface area contributed by atoms with Gasteiger partial charge in [0.2, 0.25) is 0 Å². The third kappa shape index (κ3) is 21.6. The van der Waals surface area contributed by atoms with Crippen LogP contribution in [-0.4, -0.2) is 57.4 Å². The molecule has 0 rings (SSSR count). The van der Waals surface area contributed by atoms with Gasteiger partial charge in [0.15, 0.2) is 0 Å². The van der Waals surface area contributed by atoms with Gasteiger partial charge in [-0.25, -0.2) is 0 Å². The number of hydrogen-bond acceptors (Lipinski definition) is 6. The average molecular weight is 343 g/mol. The van der Waals surface area contributed by atoms with Crippen molar-refractivity contribution in [2.24, 2.45) is 0 Å². The minimum atomic E-state index is -1.36. The van der Waals surface area contributed by atoms with Crippen molar-refractivity contribution in [2.45, 2.75) is 90.3 Å². The maximum Gasteiger partial charge on any atom is 2.00 e. The Morgan fingerprint density at radius 3 is 1.26 bits per heavy atom. The van der Waals surface area contributed by atoms with Gasteiger partial charge in [0.05, 0.1) is 24.1 Å². The zero-order valence-electron chi connectivity index (χ0n) is 14.5. The Labute approximate surface area is 155 Å². The third-order valence-corrected chi connectivity index (χ3v) is 3.21. The molecule has 0 aliphatic heterocycles. The molecular weight excluding hydrogens is 312 g/mol. The van der Waals surface area contributed by atoms with Gasteiger partial charge in [-0.05, 0) is 12.8 Å². The van der Waals surface area contributed by atoms with Crippen LogP contribution in [0.2, 0.25) is 0 Å². The van der Waals surface area contributed by atoms with Crippen LogP contribution in [0.4, 0.5) is 0 Å². The molecule has 0 aromatic rings. The summed E-state index contributed by atoms with van der Waals surface area (Å²) in [6.45, 7) is 4.16. The summed E-state index contributed by atoms with van der Waals surface area (Å²) >= 11 is 0. The molecule has 0 aliphatic carbocycles. The summed E-state index contributed by atoms with van der Waals surface area (Å²) in [6.07, 6.45) is 6.03. The van der Waals surface area contributed by atoms with Crippen molar-refractivity contribution < 1.29 is 30.0 Å². The number of carboxylic acid groups (broad SMARTS) is 2. The molecule has 0 radical (unpaired) electrons. The fraction of sp³-hybridized carbons (Fsp3) is 0.875. The maximum absolute atomic E-state index is 10.0. The first-order valence-corrected chi connectivity index (χ1v) is 8.14. The van der Waals surface area contributed by atoms with E-state index in [9.17, 15) is 19.8 Å². The van der Waals surface area contributed by atoms with E-state index in [1.807, 2.05) is 0 Å². The predicted octanol–water partition coefficient (Wildman–Crippen LogP) is -0.246. The topological polar surface area (TPSA) is 121 Å². The van der Waals surface area contributed by atoms with E-state index in [0.717, 1.165) is 51.4 Å². The van der Waals surface area contributed by atoms with Crippen LogP contribution >= 0.6 is 0 Å². The minimum Gasteiger partial charge on any atom is -0.547 e. The smallest absolute Gasteiger partial charge is 0.547 e. The fourth-order valence-corrected chi connectivity index (χ4v) is 1.76. The summed E-state index contributed by atoms with van der Waals surface area (Å²) in [4.78, 5) is 20.0. The number of aliphatic hydroxyl groups is 2. The summed E-state index contributed by atoms with van der Waals surface area (Å²) in [5, 5.41) is 37.5. The molecule has 0 heterocycles. The van der Waals surface area contributed by atoms with Crippen molar-refractivity contribution in [3.05, 3.63) is 0 Å². The Balaban J connectivity index is -0.000000333. The van der Waals surface area contributed by atoms with Gasteiger partial charge in [-0.3, -0.25) is 0 Å². The molecule has 0 aliphatic rings. The van der Waals surface area contributed by atoms with Gasteiger partial charge in [-0.1, -0.05) is 65.2 Å². The standard InChI is InChI=1S/2C8H16O3.Mg/c2*1-2-3-4-5-6-7(9)8(10)11;/h2*7,9H,2-6H2,1H3,(H,10,11);/q;;+2/p-2. The normalized spacial score (nSPS) is 12.3. The second kappa shape index (κ2) is 19.7. The van der Waals surface area contributed by atoms with E-state index in [4.69, 9.17) is 10.2 Å². The molecule has 2 N–H and O–H groups in total. The summed E-state index contributed by atoms with van der Waals surface area (Å²) in [7, 11) is 0. The first-order chi connectivity index (χ1) is 10.4. The summed E-state index contributed by atoms with van der Waals surface area (Å²) in [5.74, 6) is -2.72. The van der Waals surface area contributed by atoms with Crippen LogP contribution in [0.25, 0.3) is 0 Å². The van der Waals surface area contributed by atoms with E-state index >= 15 is 0 Å². The monoisotopic (exact) mass is 342 g/mol. The predicted molar refractivity (Wildman–Crippen MR) is 85.3 cm³/mol. The van der Waals surface area contributed by atoms with Crippen molar-refractivity contribution in [2.75, 3.05) is 0 Å². The summed E-state index contributed by atoms with van der Waals surface area (Å²) in [5.41, 5.74) is 0. The van der Waals surface area contributed by atoms with E-state index < -0.39 is 24.1 Å². The molecule has 0 saturated carbocycles. The third-order valence-electron chi connectivity index (χ3n) is 3.21. The Kier molecular flexibility index (Phi) is 23.5. The average Bonchev–Trinajstić information content (AvgIpc) is 2.48. The number of aliphatic carboxylic acids is 2. The summed E-state index contributed by atoms with van der Waals surface area (Å²) < 4.78 is 0. The van der Waals surface area contributed by atoms with E-state index in [1.165, 1.54) is 0 Å². The van der Waals surface area contributed by atoms with Crippen molar-refractivity contribution in [3.63, 3.8) is 0 Å². The number of hydrogen-bond donors (Lipinski definition) is 2. The molecule has 7 heteroatoms. The van der Waals surface area contributed by atoms with Crippen LogP contribution < -0.4 is 10.2 Å². The Morgan fingerprint density at radius 2 is 1.04 bits per heavy atom. The van der Waals surface area contributed by atoms with Gasteiger partial charge in [0.1, 0.15) is 0 Å². The van der Waals surface area contributed by atoms with Gasteiger partial charge in [0.25, 0.3) is 0 Å². The van der Waals surface area contributed by atoms with Gasteiger partial charge < -0.3 is 30.0 Å². The number of unbranched alkanes of at least 4 members (excludes halogenated alkanes) is 6. The van der Waals surface area contributed by atoms with Crippen LogP contribution in [0.1, 0.15) is 78.1 Å². The molecule has 2 unspecified atom stereocenters. The molecule has 0 aromatic heterocycles. The largest absolute Gasteiger partial charge is 2.00 e. The molecule has 6 nitrogen and oxygen atoms in total. The molecule has 0 saturated heterocycles. The van der Waals surface area contributed by atoms with Crippen molar-refractivity contribution in [1.82, 2.24) is 0 Å². The zero-order chi connectivity index (χ0) is 17.4. The van der Waals surface area contributed by atoms with Crippen LogP contribution in [0, 0.1) is 0 Å². The zero-order valence-corrected chi connectivity index (χ0v) is 15.9. The molecule has 0 amide bonds. The van der Waals surface area contributed by atoms with Gasteiger partial charge >= 0.3 is 23.1 Å². The second-order valence-corrected chi connectivity index (χ2v) is 5.37. The van der Waals surface area contributed by atoms with Crippen LogP contribution in [0.5, 0.6) is 0 Å². The van der Waals surface area contributed by atoms with Crippen molar-refractivity contribution in [1.29, 1.82) is 0 Å². The van der Waals surface area contributed by atoms with Gasteiger partial charge in [-0.15, -0.1) is 0 Å². The second-order valence-electron chi connectivity index (χ2n) is 5.37. The molecular formula is C16H30MgO6. The number of rotatable bonds is 12. The van der Waals surface area contributed by atoms with Crippen molar-refractivity contribution >= 4 is 35.0 Å². The van der Waals surface area contributed by atoms with Crippen LogP contribution in [0.3, 0.4) is 0 Å². The summed E-state index contributed by atoms with van der Waals surface area (Å²) in [6, 6.07) is 0. The molecule has 23 heavy (non-hydrogen) atoms. The molecule has 0 bridgehead atoms. The maximum atomic E-state index is 10.0. The van der Waals surface area contributed by atoms with Gasteiger partial charge in [-0.2, -0.15) is 0 Å². The van der Waals surface area contributed by atoms with Gasteiger partial charge in [0, 0.05) is 0 Å². The first kappa shape index (κ1) is 27.5. The SMILES string of the molecule is CCCCCCC(O)C(=O)[O-].CCCCCCC(O)C(=O)[O-].[Mg+2]. The molecule has 0 fully saturated rings. The van der Waals surface area contributed by atoms with E-state index in [1.54, 1.807) is 0 Å². The van der Waals surface area contributed by atoms with E-state index in [0.29, 0.717) is 12.8 Å². The van der Waals surface area contributed by atoms with Crippen LogP contribution in [0.15, 0.2) is 0 Å². The Bertz CT molecular complexity index is 258. The van der Waals surface area contributed by atoms with E-state index in [2.05, 4.69) is 13.8 Å². The number of aliphatic hydroxyl groups excluding tert-OH is 2. The minimum absolute atomic E-state index is 0. The molecule has 132 valence electrons. The quantitative estimate of drug-likeness (QED) is 0.373. The molecule has 0 spiro atoms. The molecule has 2 atom stereocenters. The Hall–Kier alpha value is -0.374. The van der Waals surface area contributed by atoms with Crippen molar-refractivity contribution in [3.8, 4) is 0 Å². The van der Waals surface area contributed by atoms with E-state index in [-0.39, 0.29) is 23.1 Å². The Morgan fingerprint density at radius 1 is 0.739 bits per heavy atom. The number of carbonyl (C=O) groups excluding carboxylic acids is 2. The molecule has 0 aromatic carbocycles. The van der Waals surface area contributed by atoms with Crippen LogP contribution in [-0.2, 0) is 9.59 Å². The number of carbonyl (C=O) groups is 2. The first-order valence-electron chi connectivity index (χ1n) is 8.14. The number of carboxylic acids is 2.